The van der Waals surface area contributed by atoms with Gasteiger partial charge in [0.2, 0.25) is 0 Å². The van der Waals surface area contributed by atoms with Gasteiger partial charge in [-0.15, -0.1) is 0 Å². The van der Waals surface area contributed by atoms with Crippen LogP contribution < -0.4 is 5.32 Å². The molecule has 6 atom stereocenters. The number of benzene rings is 1. The standard InChI is InChI=1S/C15H19Cl2NO.C4H6O6/c1-19-8-12-11(7-10-3-5-15(12)18-10)9-2-4-13(16)14(17)6-9;5-1(3(7)8)2(6)4(9)10/h2,4,6,10-12,15,18H,3,5,7-8H2,1H3;1-2,5-6H,(H,7,8)(H,9,10)/t10-,11+,12+,15+;/m0./s1. The van der Waals surface area contributed by atoms with Crippen LogP contribution in [0.4, 0.5) is 0 Å². The molecule has 2 heterocycles. The van der Waals surface area contributed by atoms with Crippen molar-refractivity contribution in [1.29, 1.82) is 0 Å². The molecule has 0 radical (unpaired) electrons. The Morgan fingerprint density at radius 2 is 1.76 bits per heavy atom. The number of carbonyl (C=O) groups is 2. The first-order chi connectivity index (χ1) is 13.6. The van der Waals surface area contributed by atoms with Crippen molar-refractivity contribution in [3.63, 3.8) is 0 Å². The predicted molar refractivity (Wildman–Crippen MR) is 106 cm³/mol. The lowest BCUT2D eigenvalue weighted by molar-refractivity contribution is -0.165. The number of methoxy groups -OCH3 is 1. The van der Waals surface area contributed by atoms with Crippen molar-refractivity contribution in [1.82, 2.24) is 5.32 Å². The lowest BCUT2D eigenvalue weighted by atomic mass is 9.77. The normalized spacial score (nSPS) is 27.5. The Hall–Kier alpha value is -1.42. The molecule has 2 aliphatic rings. The Kier molecular flexibility index (Phi) is 8.69. The third-order valence-electron chi connectivity index (χ3n) is 5.38. The first kappa shape index (κ1) is 23.9. The Balaban J connectivity index is 0.000000257. The molecule has 1 aromatic rings. The van der Waals surface area contributed by atoms with Crippen LogP contribution in [0.3, 0.4) is 0 Å². The van der Waals surface area contributed by atoms with Crippen LogP contribution >= 0.6 is 23.2 Å². The van der Waals surface area contributed by atoms with Gasteiger partial charge in [-0.1, -0.05) is 29.3 Å². The number of halogens is 2. The molecule has 1 aromatic carbocycles. The van der Waals surface area contributed by atoms with Gasteiger partial charge in [0, 0.05) is 25.1 Å². The van der Waals surface area contributed by atoms with E-state index in [0.717, 1.165) is 6.61 Å². The molecule has 3 rings (SSSR count). The van der Waals surface area contributed by atoms with Crippen molar-refractivity contribution < 1.29 is 34.8 Å². The molecule has 29 heavy (non-hydrogen) atoms. The number of nitrogens with one attached hydrogen (secondary N) is 1. The van der Waals surface area contributed by atoms with E-state index in [4.69, 9.17) is 48.4 Å². The molecule has 5 N–H and O–H groups in total. The van der Waals surface area contributed by atoms with E-state index in [9.17, 15) is 9.59 Å². The van der Waals surface area contributed by atoms with Gasteiger partial charge in [0.1, 0.15) is 0 Å². The zero-order chi connectivity index (χ0) is 21.7. The summed E-state index contributed by atoms with van der Waals surface area (Å²) in [4.78, 5) is 19.5. The number of ether oxygens (including phenoxy) is 1. The third-order valence-corrected chi connectivity index (χ3v) is 6.12. The first-order valence-corrected chi connectivity index (χ1v) is 9.93. The summed E-state index contributed by atoms with van der Waals surface area (Å²) in [6, 6.07) is 7.29. The van der Waals surface area contributed by atoms with E-state index in [2.05, 4.69) is 11.4 Å². The molecule has 2 bridgehead atoms. The molecule has 0 spiro atoms. The smallest absolute Gasteiger partial charge is 0.335 e. The summed E-state index contributed by atoms with van der Waals surface area (Å²) in [6.07, 6.45) is -0.822. The van der Waals surface area contributed by atoms with Gasteiger partial charge in [0.05, 0.1) is 16.7 Å². The number of aliphatic hydroxyl groups excluding tert-OH is 2. The molecule has 2 saturated heterocycles. The van der Waals surface area contributed by atoms with Crippen molar-refractivity contribution in [2.45, 2.75) is 49.5 Å². The van der Waals surface area contributed by atoms with Crippen LogP contribution in [-0.4, -0.2) is 70.4 Å². The van der Waals surface area contributed by atoms with E-state index < -0.39 is 24.1 Å². The number of fused-ring (bicyclic) bond motifs is 2. The number of hydrogen-bond acceptors (Lipinski definition) is 6. The maximum absolute atomic E-state index is 9.77. The van der Waals surface area contributed by atoms with Crippen LogP contribution in [0.25, 0.3) is 0 Å². The van der Waals surface area contributed by atoms with Crippen LogP contribution in [0.15, 0.2) is 18.2 Å². The third kappa shape index (κ3) is 6.04. The fourth-order valence-corrected chi connectivity index (χ4v) is 4.26. The zero-order valence-electron chi connectivity index (χ0n) is 15.8. The van der Waals surface area contributed by atoms with Gasteiger partial charge in [0.15, 0.2) is 12.2 Å². The summed E-state index contributed by atoms with van der Waals surface area (Å²) < 4.78 is 5.44. The van der Waals surface area contributed by atoms with E-state index in [1.807, 2.05) is 12.1 Å². The highest BCUT2D eigenvalue weighted by Crippen LogP contribution is 2.42. The number of carboxylic acids is 2. The summed E-state index contributed by atoms with van der Waals surface area (Å²) in [5.41, 5.74) is 1.30. The van der Waals surface area contributed by atoms with Crippen LogP contribution in [-0.2, 0) is 14.3 Å². The quantitative estimate of drug-likeness (QED) is 0.442. The number of piperidine rings is 1. The highest BCUT2D eigenvalue weighted by molar-refractivity contribution is 6.42. The molecule has 2 unspecified atom stereocenters. The largest absolute Gasteiger partial charge is 0.479 e. The summed E-state index contributed by atoms with van der Waals surface area (Å²) in [6.45, 7) is 0.801. The molecule has 0 aliphatic carbocycles. The number of hydrogen-bond donors (Lipinski definition) is 5. The predicted octanol–water partition coefficient (Wildman–Crippen LogP) is 1.74. The average molecular weight is 450 g/mol. The molecule has 10 heteroatoms. The highest BCUT2D eigenvalue weighted by Gasteiger charge is 2.42. The Morgan fingerprint density at radius 1 is 1.14 bits per heavy atom. The van der Waals surface area contributed by atoms with Gasteiger partial charge in [-0.2, -0.15) is 0 Å². The van der Waals surface area contributed by atoms with Gasteiger partial charge in [-0.3, -0.25) is 0 Å². The molecule has 0 amide bonds. The van der Waals surface area contributed by atoms with Crippen LogP contribution in [0.2, 0.25) is 10.0 Å². The van der Waals surface area contributed by atoms with Crippen LogP contribution in [0, 0.1) is 5.92 Å². The van der Waals surface area contributed by atoms with Crippen LogP contribution in [0.1, 0.15) is 30.7 Å². The number of aliphatic hydroxyl groups is 2. The topological polar surface area (TPSA) is 136 Å². The molecule has 0 aromatic heterocycles. The maximum atomic E-state index is 9.77. The fourth-order valence-electron chi connectivity index (χ4n) is 3.96. The van der Waals surface area contributed by atoms with Gasteiger partial charge in [0.25, 0.3) is 0 Å². The van der Waals surface area contributed by atoms with Gasteiger partial charge < -0.3 is 30.5 Å². The second kappa shape index (κ2) is 10.6. The van der Waals surface area contributed by atoms with E-state index in [0.29, 0.717) is 34.0 Å². The van der Waals surface area contributed by atoms with Crippen molar-refractivity contribution in [2.24, 2.45) is 5.92 Å². The highest BCUT2D eigenvalue weighted by atomic mass is 35.5. The number of carboxylic acid groups (broad SMARTS) is 2. The van der Waals surface area contributed by atoms with Crippen molar-refractivity contribution >= 4 is 35.1 Å². The zero-order valence-corrected chi connectivity index (χ0v) is 17.3. The molecule has 2 aliphatic heterocycles. The first-order valence-electron chi connectivity index (χ1n) is 9.17. The fraction of sp³-hybridized carbons (Fsp3) is 0.579. The molecule has 8 nitrogen and oxygen atoms in total. The number of aliphatic carboxylic acids is 2. The summed E-state index contributed by atoms with van der Waals surface area (Å²) in [5, 5.41) is 37.5. The van der Waals surface area contributed by atoms with Crippen LogP contribution in [0.5, 0.6) is 0 Å². The van der Waals surface area contributed by atoms with E-state index in [1.54, 1.807) is 7.11 Å². The lowest BCUT2D eigenvalue weighted by Crippen LogP contribution is -2.46. The van der Waals surface area contributed by atoms with Gasteiger partial charge in [-0.25, -0.2) is 9.59 Å². The molecular formula is C19H25Cl2NO7. The Labute approximate surface area is 178 Å². The van der Waals surface area contributed by atoms with Gasteiger partial charge >= 0.3 is 11.9 Å². The minimum atomic E-state index is -2.27. The van der Waals surface area contributed by atoms with Gasteiger partial charge in [-0.05, 0) is 42.9 Å². The minimum Gasteiger partial charge on any atom is -0.479 e. The second-order valence-corrected chi connectivity index (χ2v) is 8.06. The molecule has 0 saturated carbocycles. The maximum Gasteiger partial charge on any atom is 0.335 e. The SMILES string of the molecule is COC[C@@H]1[C@@H](c2ccc(Cl)c(Cl)c2)C[C@@H]2CC[C@H]1N2.O=C(O)C(O)C(O)C(=O)O. The summed E-state index contributed by atoms with van der Waals surface area (Å²) >= 11 is 12.2. The van der Waals surface area contributed by atoms with E-state index in [-0.39, 0.29) is 0 Å². The average Bonchev–Trinajstić information content (AvgIpc) is 3.07. The summed E-state index contributed by atoms with van der Waals surface area (Å²) in [5.74, 6) is -2.49. The monoisotopic (exact) mass is 449 g/mol. The Morgan fingerprint density at radius 3 is 2.28 bits per heavy atom. The molecular weight excluding hydrogens is 425 g/mol. The van der Waals surface area contributed by atoms with Crippen molar-refractivity contribution in [3.05, 3.63) is 33.8 Å². The molecule has 2 fully saturated rings. The number of rotatable bonds is 6. The van der Waals surface area contributed by atoms with E-state index in [1.165, 1.54) is 24.8 Å². The molecule has 162 valence electrons. The second-order valence-electron chi connectivity index (χ2n) is 7.25. The van der Waals surface area contributed by atoms with Crippen molar-refractivity contribution in [3.8, 4) is 0 Å². The summed E-state index contributed by atoms with van der Waals surface area (Å²) in [7, 11) is 1.78. The van der Waals surface area contributed by atoms with E-state index >= 15 is 0 Å². The minimum absolute atomic E-state index is 0.522. The van der Waals surface area contributed by atoms with Crippen molar-refractivity contribution in [2.75, 3.05) is 13.7 Å². The Bertz CT molecular complexity index is 715. The lowest BCUT2D eigenvalue weighted by Gasteiger charge is -2.37.